The summed E-state index contributed by atoms with van der Waals surface area (Å²) >= 11 is 18.7. The molecule has 0 unspecified atom stereocenters. The van der Waals surface area contributed by atoms with E-state index in [1.54, 1.807) is 42.5 Å². The number of hydrogen-bond acceptors (Lipinski definition) is 5. The first kappa shape index (κ1) is 22.0. The number of hydrogen-bond donors (Lipinski definition) is 3. The number of nitrogens with zero attached hydrogens (tertiary/aromatic N) is 3. The van der Waals surface area contributed by atoms with Gasteiger partial charge in [0.25, 0.3) is 5.91 Å². The average Bonchev–Trinajstić information content (AvgIpc) is 3.11. The minimum Gasteiger partial charge on any atom is -0.328 e. The van der Waals surface area contributed by atoms with Crippen LogP contribution in [0.3, 0.4) is 0 Å². The van der Waals surface area contributed by atoms with Crippen molar-refractivity contribution >= 4 is 69.2 Å². The zero-order valence-electron chi connectivity index (χ0n) is 17.2. The Morgan fingerprint density at radius 3 is 2.52 bits per heavy atom. The van der Waals surface area contributed by atoms with Crippen LogP contribution in [0.1, 0.15) is 29.2 Å². The van der Waals surface area contributed by atoms with Gasteiger partial charge in [-0.05, 0) is 55.3 Å². The molecule has 0 spiro atoms. The lowest BCUT2D eigenvalue weighted by Crippen LogP contribution is -2.38. The van der Waals surface area contributed by atoms with Crippen LogP contribution in [0.15, 0.2) is 54.7 Å². The van der Waals surface area contributed by atoms with Crippen molar-refractivity contribution in [3.05, 3.63) is 75.4 Å². The first-order chi connectivity index (χ1) is 15.9. The van der Waals surface area contributed by atoms with Crippen LogP contribution in [0.4, 0.5) is 17.5 Å². The maximum absolute atomic E-state index is 12.8. The lowest BCUT2D eigenvalue weighted by atomic mass is 9.87. The molecule has 5 rings (SSSR count). The number of pyridine rings is 1. The summed E-state index contributed by atoms with van der Waals surface area (Å²) in [4.78, 5) is 21.7. The zero-order valence-corrected chi connectivity index (χ0v) is 19.5. The maximum Gasteiger partial charge on any atom is 0.256 e. The summed E-state index contributed by atoms with van der Waals surface area (Å²) in [7, 11) is 0. The zero-order chi connectivity index (χ0) is 23.1. The molecule has 0 atom stereocenters. The van der Waals surface area contributed by atoms with E-state index in [0.29, 0.717) is 43.6 Å². The van der Waals surface area contributed by atoms with Crippen molar-refractivity contribution < 1.29 is 4.79 Å². The second-order valence-electron chi connectivity index (χ2n) is 7.93. The summed E-state index contributed by atoms with van der Waals surface area (Å²) in [5, 5.41) is 7.50. The molecule has 2 aromatic heterocycles. The number of benzene rings is 2. The summed E-state index contributed by atoms with van der Waals surface area (Å²) in [6, 6.07) is 14.2. The quantitative estimate of drug-likeness (QED) is 0.309. The molecule has 10 heteroatoms. The van der Waals surface area contributed by atoms with Crippen LogP contribution in [0.25, 0.3) is 11.0 Å². The molecular weight excluding hydrogens is 483 g/mol. The third kappa shape index (κ3) is 4.37. The number of amides is 1. The fourth-order valence-corrected chi connectivity index (χ4v) is 4.58. The molecule has 0 saturated heterocycles. The SMILES string of the molecule is NC1CC(n2c(Nc3c(Cl)cccc3Cl)nc3cc(C(=O)Nc4cc(Cl)ccn4)ccc32)C1. The van der Waals surface area contributed by atoms with Crippen LogP contribution >= 0.6 is 34.8 Å². The van der Waals surface area contributed by atoms with Gasteiger partial charge in [-0.15, -0.1) is 0 Å². The Morgan fingerprint density at radius 1 is 1.06 bits per heavy atom. The topological polar surface area (TPSA) is 97.9 Å². The van der Waals surface area contributed by atoms with E-state index in [1.807, 2.05) is 6.07 Å². The number of carbonyl (C=O) groups is 1. The standard InChI is InChI=1S/C23H19Cl3N6O/c24-13-6-7-28-20(9-13)30-22(33)12-4-5-19-18(8-12)29-23(32(19)15-10-14(27)11-15)31-21-16(25)2-1-3-17(21)26/h1-9,14-15H,10-11,27H2,(H,29,31)(H,28,30,33). The van der Waals surface area contributed by atoms with Crippen molar-refractivity contribution in [1.29, 1.82) is 0 Å². The minimum absolute atomic E-state index is 0.152. The lowest BCUT2D eigenvalue weighted by Gasteiger charge is -2.35. The Hall–Kier alpha value is -2.84. The van der Waals surface area contributed by atoms with Crippen LogP contribution < -0.4 is 16.4 Å². The van der Waals surface area contributed by atoms with Crippen molar-refractivity contribution in [3.8, 4) is 0 Å². The van der Waals surface area contributed by atoms with Gasteiger partial charge < -0.3 is 20.9 Å². The van der Waals surface area contributed by atoms with Crippen LogP contribution in [-0.2, 0) is 0 Å². The van der Waals surface area contributed by atoms with Gasteiger partial charge in [0, 0.05) is 28.9 Å². The number of fused-ring (bicyclic) bond motifs is 1. The number of anilines is 3. The molecular formula is C23H19Cl3N6O. The fourth-order valence-electron chi connectivity index (χ4n) is 3.93. The molecule has 168 valence electrons. The van der Waals surface area contributed by atoms with Crippen molar-refractivity contribution in [2.75, 3.05) is 10.6 Å². The Labute approximate surface area is 204 Å². The second kappa shape index (κ2) is 8.83. The molecule has 1 fully saturated rings. The molecule has 4 N–H and O–H groups in total. The van der Waals surface area contributed by atoms with E-state index in [2.05, 4.69) is 20.2 Å². The van der Waals surface area contributed by atoms with Crippen LogP contribution in [0, 0.1) is 0 Å². The van der Waals surface area contributed by atoms with Crippen molar-refractivity contribution in [2.24, 2.45) is 5.73 Å². The molecule has 0 aliphatic heterocycles. The highest BCUT2D eigenvalue weighted by molar-refractivity contribution is 6.39. The number of para-hydroxylation sites is 1. The highest BCUT2D eigenvalue weighted by atomic mass is 35.5. The number of nitrogens with one attached hydrogen (secondary N) is 2. The number of halogens is 3. The Bertz CT molecular complexity index is 1350. The normalized spacial score (nSPS) is 17.6. The first-order valence-corrected chi connectivity index (χ1v) is 11.4. The van der Waals surface area contributed by atoms with Crippen molar-refractivity contribution in [3.63, 3.8) is 0 Å². The van der Waals surface area contributed by atoms with E-state index in [4.69, 9.17) is 45.5 Å². The first-order valence-electron chi connectivity index (χ1n) is 10.3. The fraction of sp³-hybridized carbons (Fsp3) is 0.174. The lowest BCUT2D eigenvalue weighted by molar-refractivity contribution is 0.102. The van der Waals surface area contributed by atoms with Gasteiger partial charge in [0.05, 0.1) is 26.8 Å². The molecule has 0 bridgehead atoms. The van der Waals surface area contributed by atoms with E-state index >= 15 is 0 Å². The molecule has 0 radical (unpaired) electrons. The van der Waals surface area contributed by atoms with Crippen molar-refractivity contribution in [2.45, 2.75) is 24.9 Å². The van der Waals surface area contributed by atoms with E-state index in [-0.39, 0.29) is 18.0 Å². The molecule has 4 aromatic rings. The monoisotopic (exact) mass is 500 g/mol. The second-order valence-corrected chi connectivity index (χ2v) is 9.18. The smallest absolute Gasteiger partial charge is 0.256 e. The predicted molar refractivity (Wildman–Crippen MR) is 133 cm³/mol. The molecule has 1 aliphatic rings. The minimum atomic E-state index is -0.310. The predicted octanol–water partition coefficient (Wildman–Crippen LogP) is 6.05. The number of imidazole rings is 1. The van der Waals surface area contributed by atoms with Gasteiger partial charge in [-0.1, -0.05) is 40.9 Å². The molecule has 7 nitrogen and oxygen atoms in total. The number of carbonyl (C=O) groups excluding carboxylic acids is 1. The highest BCUT2D eigenvalue weighted by Crippen LogP contribution is 2.39. The van der Waals surface area contributed by atoms with Gasteiger partial charge in [-0.3, -0.25) is 4.79 Å². The third-order valence-electron chi connectivity index (χ3n) is 5.63. The van der Waals surface area contributed by atoms with Gasteiger partial charge in [-0.25, -0.2) is 9.97 Å². The maximum atomic E-state index is 12.8. The Morgan fingerprint density at radius 2 is 1.82 bits per heavy atom. The molecule has 2 aromatic carbocycles. The van der Waals surface area contributed by atoms with E-state index in [9.17, 15) is 4.79 Å². The van der Waals surface area contributed by atoms with Gasteiger partial charge in [-0.2, -0.15) is 0 Å². The van der Waals surface area contributed by atoms with Gasteiger partial charge in [0.15, 0.2) is 0 Å². The average molecular weight is 502 g/mol. The molecule has 1 aliphatic carbocycles. The van der Waals surface area contributed by atoms with Gasteiger partial charge in [0.1, 0.15) is 5.82 Å². The molecule has 33 heavy (non-hydrogen) atoms. The summed E-state index contributed by atoms with van der Waals surface area (Å²) in [6.45, 7) is 0. The van der Waals surface area contributed by atoms with E-state index in [0.717, 1.165) is 18.4 Å². The highest BCUT2D eigenvalue weighted by Gasteiger charge is 2.31. The van der Waals surface area contributed by atoms with Crippen molar-refractivity contribution in [1.82, 2.24) is 14.5 Å². The van der Waals surface area contributed by atoms with E-state index in [1.165, 1.54) is 6.20 Å². The largest absolute Gasteiger partial charge is 0.328 e. The summed E-state index contributed by atoms with van der Waals surface area (Å²) in [6.07, 6.45) is 3.20. The molecule has 1 amide bonds. The van der Waals surface area contributed by atoms with Gasteiger partial charge >= 0.3 is 0 Å². The molecule has 2 heterocycles. The number of aromatic nitrogens is 3. The van der Waals surface area contributed by atoms with Crippen LogP contribution in [0.5, 0.6) is 0 Å². The number of nitrogens with two attached hydrogens (primary N) is 1. The Balaban J connectivity index is 1.52. The summed E-state index contributed by atoms with van der Waals surface area (Å²) in [5.74, 6) is 0.652. The summed E-state index contributed by atoms with van der Waals surface area (Å²) < 4.78 is 2.10. The third-order valence-corrected chi connectivity index (χ3v) is 6.49. The number of rotatable bonds is 5. The van der Waals surface area contributed by atoms with Crippen LogP contribution in [0.2, 0.25) is 15.1 Å². The summed E-state index contributed by atoms with van der Waals surface area (Å²) in [5.41, 5.74) is 8.62. The van der Waals surface area contributed by atoms with Gasteiger partial charge in [0.2, 0.25) is 5.95 Å². The molecule has 1 saturated carbocycles. The van der Waals surface area contributed by atoms with Crippen LogP contribution in [-0.4, -0.2) is 26.5 Å². The Kier molecular flexibility index (Phi) is 5.88. The van der Waals surface area contributed by atoms with E-state index < -0.39 is 0 Å².